The third kappa shape index (κ3) is 2.69. The molecule has 1 atom stereocenters. The quantitative estimate of drug-likeness (QED) is 0.524. The van der Waals surface area contributed by atoms with Gasteiger partial charge in [0.25, 0.3) is 11.6 Å². The van der Waals surface area contributed by atoms with Crippen molar-refractivity contribution in [2.45, 2.75) is 26.4 Å². The van der Waals surface area contributed by atoms with Gasteiger partial charge in [-0.1, -0.05) is 59.6 Å². The fourth-order valence-electron chi connectivity index (χ4n) is 3.45. The lowest BCUT2D eigenvalue weighted by molar-refractivity contribution is -0.125. The lowest BCUT2D eigenvalue weighted by Gasteiger charge is -2.28. The van der Waals surface area contributed by atoms with Crippen LogP contribution in [0.2, 0.25) is 4.34 Å². The maximum Gasteiger partial charge on any atom is 0.276 e. The van der Waals surface area contributed by atoms with Gasteiger partial charge >= 0.3 is 0 Å². The largest absolute Gasteiger partial charge is 0.313 e. The first-order valence-electron chi connectivity index (χ1n) is 8.75. The summed E-state index contributed by atoms with van der Waals surface area (Å²) in [5, 5.41) is 2.84. The first kappa shape index (κ1) is 18.8. The second kappa shape index (κ2) is 6.54. The Morgan fingerprint density at radius 1 is 1.00 bits per heavy atom. The number of Topliss-reactive ketones (excluding diaryl/α,β-unsaturated/α-hetero) is 1. The number of anilines is 1. The molecular formula is C22H17ClFNO2S. The molecule has 2 heterocycles. The van der Waals surface area contributed by atoms with Crippen LogP contribution in [-0.4, -0.2) is 11.7 Å². The second-order valence-corrected chi connectivity index (χ2v) is 8.69. The highest BCUT2D eigenvalue weighted by Crippen LogP contribution is 2.50. The van der Waals surface area contributed by atoms with Crippen molar-refractivity contribution in [1.29, 1.82) is 0 Å². The molecule has 0 radical (unpaired) electrons. The number of halogens is 2. The van der Waals surface area contributed by atoms with Crippen molar-refractivity contribution >= 4 is 39.6 Å². The summed E-state index contributed by atoms with van der Waals surface area (Å²) in [7, 11) is 0. The zero-order chi connectivity index (χ0) is 20.2. The summed E-state index contributed by atoms with van der Waals surface area (Å²) < 4.78 is 16.3. The molecule has 1 aliphatic rings. The molecule has 28 heavy (non-hydrogen) atoms. The van der Waals surface area contributed by atoms with E-state index >= 15 is 4.39 Å². The van der Waals surface area contributed by atoms with Crippen molar-refractivity contribution < 1.29 is 14.0 Å². The van der Waals surface area contributed by atoms with Crippen molar-refractivity contribution in [1.82, 2.24) is 0 Å². The van der Waals surface area contributed by atoms with Gasteiger partial charge in [0.15, 0.2) is 0 Å². The molecule has 1 aliphatic heterocycles. The maximum atomic E-state index is 16.0. The van der Waals surface area contributed by atoms with E-state index in [0.717, 1.165) is 33.6 Å². The average Bonchev–Trinajstić information content (AvgIpc) is 2.98. The van der Waals surface area contributed by atoms with Crippen LogP contribution in [0.15, 0.2) is 42.5 Å². The molecular weight excluding hydrogens is 397 g/mol. The van der Waals surface area contributed by atoms with Gasteiger partial charge in [0.1, 0.15) is 9.34 Å². The van der Waals surface area contributed by atoms with Gasteiger partial charge < -0.3 is 5.32 Å². The Labute approximate surface area is 171 Å². The second-order valence-electron chi connectivity index (χ2n) is 7.07. The van der Waals surface area contributed by atoms with Crippen LogP contribution in [0.3, 0.4) is 0 Å². The normalized spacial score (nSPS) is 18.8. The smallest absolute Gasteiger partial charge is 0.276 e. The van der Waals surface area contributed by atoms with Crippen molar-refractivity contribution in [3.8, 4) is 11.1 Å². The summed E-state index contributed by atoms with van der Waals surface area (Å²) in [6.07, 6.45) is 0. The molecule has 1 unspecified atom stereocenters. The molecule has 142 valence electrons. The SMILES string of the molecule is Cc1cccc(C2(F)C(=O)Nc3sc(Cl)c(-c4ccc(C)c(C)c4)c3C2=O)c1. The number of nitrogens with one attached hydrogen (secondary N) is 1. The van der Waals surface area contributed by atoms with Gasteiger partial charge in [-0.05, 0) is 37.5 Å². The third-order valence-corrected chi connectivity index (χ3v) is 6.47. The minimum absolute atomic E-state index is 0.0222. The van der Waals surface area contributed by atoms with Crippen LogP contribution in [0.5, 0.6) is 0 Å². The Balaban J connectivity index is 1.94. The van der Waals surface area contributed by atoms with E-state index in [9.17, 15) is 9.59 Å². The summed E-state index contributed by atoms with van der Waals surface area (Å²) in [4.78, 5) is 25.9. The van der Waals surface area contributed by atoms with E-state index in [4.69, 9.17) is 11.6 Å². The third-order valence-electron chi connectivity index (χ3n) is 5.16. The van der Waals surface area contributed by atoms with E-state index in [-0.39, 0.29) is 16.1 Å². The lowest BCUT2D eigenvalue weighted by Crippen LogP contribution is -2.47. The number of rotatable bonds is 2. The first-order chi connectivity index (χ1) is 13.2. The van der Waals surface area contributed by atoms with Gasteiger partial charge in [-0.25, -0.2) is 4.39 Å². The van der Waals surface area contributed by atoms with Gasteiger partial charge in [0.05, 0.1) is 5.56 Å². The summed E-state index contributed by atoms with van der Waals surface area (Å²) in [5.74, 6) is -1.87. The van der Waals surface area contributed by atoms with Crippen LogP contribution in [0.4, 0.5) is 9.39 Å². The molecule has 0 saturated heterocycles. The number of aryl methyl sites for hydroxylation is 3. The Bertz CT molecular complexity index is 1150. The number of thiophene rings is 1. The minimum Gasteiger partial charge on any atom is -0.313 e. The predicted octanol–water partition coefficient (Wildman–Crippen LogP) is 5.99. The van der Waals surface area contributed by atoms with Gasteiger partial charge in [0.2, 0.25) is 5.78 Å². The highest BCUT2D eigenvalue weighted by atomic mass is 35.5. The monoisotopic (exact) mass is 413 g/mol. The van der Waals surface area contributed by atoms with Crippen LogP contribution in [0, 0.1) is 20.8 Å². The van der Waals surface area contributed by atoms with Crippen molar-refractivity contribution in [2.24, 2.45) is 0 Å². The zero-order valence-electron chi connectivity index (χ0n) is 15.5. The number of amides is 1. The van der Waals surface area contributed by atoms with E-state index in [1.165, 1.54) is 12.1 Å². The molecule has 1 aromatic heterocycles. The highest BCUT2D eigenvalue weighted by Gasteiger charge is 2.54. The molecule has 0 fully saturated rings. The van der Waals surface area contributed by atoms with Crippen LogP contribution >= 0.6 is 22.9 Å². The predicted molar refractivity (Wildman–Crippen MR) is 111 cm³/mol. The summed E-state index contributed by atoms with van der Waals surface area (Å²) in [6.45, 7) is 5.73. The molecule has 0 spiro atoms. The Kier molecular flexibility index (Phi) is 4.40. The summed E-state index contributed by atoms with van der Waals surface area (Å²) in [6, 6.07) is 12.1. The number of carbonyl (C=O) groups is 2. The maximum absolute atomic E-state index is 16.0. The molecule has 1 N–H and O–H groups in total. The van der Waals surface area contributed by atoms with E-state index in [1.807, 2.05) is 32.0 Å². The van der Waals surface area contributed by atoms with Crippen molar-refractivity contribution in [3.05, 3.63) is 74.6 Å². The molecule has 0 aliphatic carbocycles. The zero-order valence-corrected chi connectivity index (χ0v) is 17.1. The molecule has 0 bridgehead atoms. The van der Waals surface area contributed by atoms with Crippen LogP contribution < -0.4 is 5.32 Å². The van der Waals surface area contributed by atoms with E-state index in [2.05, 4.69) is 5.32 Å². The van der Waals surface area contributed by atoms with Gasteiger partial charge in [0, 0.05) is 11.1 Å². The standard InChI is InChI=1S/C22H17ClFNO2S/c1-11-5-4-6-15(9-11)22(24)18(26)17-16(14-8-7-12(2)13(3)10-14)19(23)28-20(17)25-21(22)27/h4-10H,1-3H3,(H,25,27). The Morgan fingerprint density at radius 2 is 1.75 bits per heavy atom. The Hall–Kier alpha value is -2.50. The number of benzene rings is 2. The molecule has 3 aromatic rings. The summed E-state index contributed by atoms with van der Waals surface area (Å²) >= 11 is 7.51. The fourth-order valence-corrected chi connectivity index (χ4v) is 4.83. The summed E-state index contributed by atoms with van der Waals surface area (Å²) in [5.41, 5.74) is 1.44. The molecule has 3 nitrogen and oxygen atoms in total. The number of carbonyl (C=O) groups excluding carboxylic acids is 2. The number of fused-ring (bicyclic) bond motifs is 1. The minimum atomic E-state index is -2.79. The topological polar surface area (TPSA) is 46.2 Å². The number of alkyl halides is 1. The molecule has 1 amide bonds. The number of hydrogen-bond acceptors (Lipinski definition) is 3. The molecule has 0 saturated carbocycles. The van der Waals surface area contributed by atoms with E-state index in [1.54, 1.807) is 19.1 Å². The van der Waals surface area contributed by atoms with E-state index in [0.29, 0.717) is 9.90 Å². The molecule has 4 rings (SSSR count). The average molecular weight is 414 g/mol. The molecule has 6 heteroatoms. The number of hydrogen-bond donors (Lipinski definition) is 1. The van der Waals surface area contributed by atoms with Crippen LogP contribution in [0.1, 0.15) is 32.6 Å². The Morgan fingerprint density at radius 3 is 2.43 bits per heavy atom. The van der Waals surface area contributed by atoms with Gasteiger partial charge in [-0.15, -0.1) is 11.3 Å². The fraction of sp³-hybridized carbons (Fsp3) is 0.182. The van der Waals surface area contributed by atoms with E-state index < -0.39 is 17.4 Å². The van der Waals surface area contributed by atoms with Crippen LogP contribution in [-0.2, 0) is 10.5 Å². The van der Waals surface area contributed by atoms with Crippen LogP contribution in [0.25, 0.3) is 11.1 Å². The van der Waals surface area contributed by atoms with Gasteiger partial charge in [-0.3, -0.25) is 9.59 Å². The molecule has 2 aromatic carbocycles. The van der Waals surface area contributed by atoms with Crippen molar-refractivity contribution in [3.63, 3.8) is 0 Å². The highest BCUT2D eigenvalue weighted by molar-refractivity contribution is 7.21. The lowest BCUT2D eigenvalue weighted by atomic mass is 9.82. The number of ketones is 1. The van der Waals surface area contributed by atoms with Gasteiger partial charge in [-0.2, -0.15) is 0 Å². The first-order valence-corrected chi connectivity index (χ1v) is 9.95. The van der Waals surface area contributed by atoms with Crippen molar-refractivity contribution in [2.75, 3.05) is 5.32 Å².